The van der Waals surface area contributed by atoms with Crippen molar-refractivity contribution in [2.24, 2.45) is 11.8 Å². The topological polar surface area (TPSA) is 29.1 Å². The molecule has 1 N–H and O–H groups in total. The van der Waals surface area contributed by atoms with Gasteiger partial charge in [-0.3, -0.25) is 4.79 Å². The highest BCUT2D eigenvalue weighted by atomic mass is 16.1. The molecule has 0 aromatic heterocycles. The van der Waals surface area contributed by atoms with Gasteiger partial charge in [0.15, 0.2) is 0 Å². The Bertz CT molecular complexity index is 173. The Balaban J connectivity index is 1.86. The standard InChI is InChI=1S/C10H17NO/c12-10-6-9(7-11-10)8-4-2-1-3-5-8/h8-9H,1-7H2,(H,11,12)/t9-/m0/s1. The lowest BCUT2D eigenvalue weighted by Crippen LogP contribution is -2.20. The predicted molar refractivity (Wildman–Crippen MR) is 47.7 cm³/mol. The first-order valence-electron chi connectivity index (χ1n) is 5.13. The van der Waals surface area contributed by atoms with E-state index in [0.29, 0.717) is 5.92 Å². The van der Waals surface area contributed by atoms with Crippen molar-refractivity contribution in [3.8, 4) is 0 Å². The molecule has 2 nitrogen and oxygen atoms in total. The summed E-state index contributed by atoms with van der Waals surface area (Å²) in [6.45, 7) is 0.948. The van der Waals surface area contributed by atoms with Crippen LogP contribution < -0.4 is 5.32 Å². The summed E-state index contributed by atoms with van der Waals surface area (Å²) in [7, 11) is 0. The van der Waals surface area contributed by atoms with E-state index in [0.717, 1.165) is 18.9 Å². The van der Waals surface area contributed by atoms with Gasteiger partial charge in [-0.2, -0.15) is 0 Å². The third kappa shape index (κ3) is 1.62. The maximum absolute atomic E-state index is 11.0. The van der Waals surface area contributed by atoms with Crippen LogP contribution in [0.4, 0.5) is 0 Å². The zero-order chi connectivity index (χ0) is 8.39. The molecule has 1 saturated heterocycles. The van der Waals surface area contributed by atoms with Crippen LogP contribution in [0.25, 0.3) is 0 Å². The molecular weight excluding hydrogens is 150 g/mol. The number of amides is 1. The molecule has 0 aromatic rings. The summed E-state index contributed by atoms with van der Waals surface area (Å²) in [4.78, 5) is 11.0. The molecule has 0 spiro atoms. The number of nitrogens with one attached hydrogen (secondary N) is 1. The molecule has 12 heavy (non-hydrogen) atoms. The van der Waals surface area contributed by atoms with Crippen LogP contribution in [0.2, 0.25) is 0 Å². The summed E-state index contributed by atoms with van der Waals surface area (Å²) < 4.78 is 0. The first kappa shape index (κ1) is 8.09. The second-order valence-corrected chi connectivity index (χ2v) is 4.17. The smallest absolute Gasteiger partial charge is 0.220 e. The fourth-order valence-corrected chi connectivity index (χ4v) is 2.57. The van der Waals surface area contributed by atoms with Gasteiger partial charge < -0.3 is 5.32 Å². The summed E-state index contributed by atoms with van der Waals surface area (Å²) in [6.07, 6.45) is 7.69. The van der Waals surface area contributed by atoms with Crippen molar-refractivity contribution in [2.45, 2.75) is 38.5 Å². The minimum Gasteiger partial charge on any atom is -0.356 e. The summed E-state index contributed by atoms with van der Waals surface area (Å²) >= 11 is 0. The van der Waals surface area contributed by atoms with E-state index in [1.807, 2.05) is 0 Å². The predicted octanol–water partition coefficient (Wildman–Crippen LogP) is 1.70. The molecular formula is C10H17NO. The SMILES string of the molecule is O=C1C[C@H](C2CCCCC2)CN1. The third-order valence-electron chi connectivity index (χ3n) is 3.33. The van der Waals surface area contributed by atoms with Crippen LogP contribution in [0.1, 0.15) is 38.5 Å². The van der Waals surface area contributed by atoms with Crippen LogP contribution in [0.15, 0.2) is 0 Å². The molecule has 1 amide bonds. The summed E-state index contributed by atoms with van der Waals surface area (Å²) in [6, 6.07) is 0. The Morgan fingerprint density at radius 2 is 1.83 bits per heavy atom. The summed E-state index contributed by atoms with van der Waals surface area (Å²) in [5.41, 5.74) is 0. The molecule has 0 radical (unpaired) electrons. The lowest BCUT2D eigenvalue weighted by Gasteiger charge is -2.25. The highest BCUT2D eigenvalue weighted by molar-refractivity contribution is 5.78. The molecule has 2 fully saturated rings. The molecule has 0 aromatic carbocycles. The molecule has 0 bridgehead atoms. The monoisotopic (exact) mass is 167 g/mol. The Hall–Kier alpha value is -0.530. The van der Waals surface area contributed by atoms with Crippen molar-refractivity contribution in [2.75, 3.05) is 6.54 Å². The van der Waals surface area contributed by atoms with Crippen LogP contribution in [0.3, 0.4) is 0 Å². The molecule has 68 valence electrons. The second-order valence-electron chi connectivity index (χ2n) is 4.17. The maximum atomic E-state index is 11.0. The van der Waals surface area contributed by atoms with Crippen LogP contribution in [0, 0.1) is 11.8 Å². The van der Waals surface area contributed by atoms with Gasteiger partial charge in [0, 0.05) is 13.0 Å². The molecule has 1 heterocycles. The quantitative estimate of drug-likeness (QED) is 0.632. The van der Waals surface area contributed by atoms with E-state index in [1.165, 1.54) is 32.1 Å². The molecule has 0 unspecified atom stereocenters. The van der Waals surface area contributed by atoms with Crippen molar-refractivity contribution in [3.05, 3.63) is 0 Å². The normalized spacial score (nSPS) is 32.0. The van der Waals surface area contributed by atoms with E-state index in [4.69, 9.17) is 0 Å². The van der Waals surface area contributed by atoms with Gasteiger partial charge in [0.1, 0.15) is 0 Å². The van der Waals surface area contributed by atoms with E-state index in [2.05, 4.69) is 5.32 Å². The molecule has 1 saturated carbocycles. The van der Waals surface area contributed by atoms with Crippen molar-refractivity contribution in [1.82, 2.24) is 5.32 Å². The molecule has 1 aliphatic carbocycles. The zero-order valence-electron chi connectivity index (χ0n) is 7.51. The highest BCUT2D eigenvalue weighted by Gasteiger charge is 2.29. The van der Waals surface area contributed by atoms with E-state index in [-0.39, 0.29) is 5.91 Å². The molecule has 2 aliphatic rings. The minimum atomic E-state index is 0.269. The maximum Gasteiger partial charge on any atom is 0.220 e. The van der Waals surface area contributed by atoms with Crippen molar-refractivity contribution >= 4 is 5.91 Å². The number of hydrogen-bond donors (Lipinski definition) is 1. The third-order valence-corrected chi connectivity index (χ3v) is 3.33. The van der Waals surface area contributed by atoms with Gasteiger partial charge in [-0.15, -0.1) is 0 Å². The summed E-state index contributed by atoms with van der Waals surface area (Å²) in [5.74, 6) is 1.78. The first-order valence-corrected chi connectivity index (χ1v) is 5.13. The lowest BCUT2D eigenvalue weighted by atomic mass is 9.79. The van der Waals surface area contributed by atoms with Gasteiger partial charge in [-0.1, -0.05) is 32.1 Å². The van der Waals surface area contributed by atoms with Crippen molar-refractivity contribution < 1.29 is 4.79 Å². The van der Waals surface area contributed by atoms with Crippen LogP contribution in [-0.2, 0) is 4.79 Å². The van der Waals surface area contributed by atoms with Gasteiger partial charge in [0.05, 0.1) is 0 Å². The average molecular weight is 167 g/mol. The van der Waals surface area contributed by atoms with Gasteiger partial charge in [-0.05, 0) is 11.8 Å². The van der Waals surface area contributed by atoms with Gasteiger partial charge in [0.25, 0.3) is 0 Å². The number of carbonyl (C=O) groups excluding carboxylic acids is 1. The van der Waals surface area contributed by atoms with Crippen molar-refractivity contribution in [1.29, 1.82) is 0 Å². The molecule has 2 rings (SSSR count). The van der Waals surface area contributed by atoms with E-state index >= 15 is 0 Å². The Morgan fingerprint density at radius 1 is 1.08 bits per heavy atom. The van der Waals surface area contributed by atoms with E-state index < -0.39 is 0 Å². The van der Waals surface area contributed by atoms with Crippen LogP contribution in [-0.4, -0.2) is 12.5 Å². The van der Waals surface area contributed by atoms with Crippen molar-refractivity contribution in [3.63, 3.8) is 0 Å². The average Bonchev–Trinajstić information content (AvgIpc) is 2.54. The number of rotatable bonds is 1. The Kier molecular flexibility index (Phi) is 2.33. The Labute approximate surface area is 73.7 Å². The minimum absolute atomic E-state index is 0.269. The van der Waals surface area contributed by atoms with Crippen LogP contribution in [0.5, 0.6) is 0 Å². The summed E-state index contributed by atoms with van der Waals surface area (Å²) in [5, 5.41) is 2.93. The van der Waals surface area contributed by atoms with Crippen LogP contribution >= 0.6 is 0 Å². The molecule has 1 aliphatic heterocycles. The first-order chi connectivity index (χ1) is 5.86. The molecule has 2 heteroatoms. The van der Waals surface area contributed by atoms with E-state index in [9.17, 15) is 4.79 Å². The largest absolute Gasteiger partial charge is 0.356 e. The molecule has 1 atom stereocenters. The fourth-order valence-electron chi connectivity index (χ4n) is 2.57. The second kappa shape index (κ2) is 3.46. The Morgan fingerprint density at radius 3 is 2.42 bits per heavy atom. The van der Waals surface area contributed by atoms with Gasteiger partial charge in [0.2, 0.25) is 5.91 Å². The highest BCUT2D eigenvalue weighted by Crippen LogP contribution is 2.32. The number of hydrogen-bond acceptors (Lipinski definition) is 1. The lowest BCUT2D eigenvalue weighted by molar-refractivity contribution is -0.119. The van der Waals surface area contributed by atoms with E-state index in [1.54, 1.807) is 0 Å². The number of carbonyl (C=O) groups is 1. The van der Waals surface area contributed by atoms with Gasteiger partial charge in [-0.25, -0.2) is 0 Å². The van der Waals surface area contributed by atoms with Gasteiger partial charge >= 0.3 is 0 Å². The zero-order valence-corrected chi connectivity index (χ0v) is 7.51. The fraction of sp³-hybridized carbons (Fsp3) is 0.900.